The predicted molar refractivity (Wildman–Crippen MR) is 128 cm³/mol. The van der Waals surface area contributed by atoms with Crippen molar-refractivity contribution in [1.29, 1.82) is 0 Å². The lowest BCUT2D eigenvalue weighted by atomic mass is 9.97. The Morgan fingerprint density at radius 1 is 0.900 bits per heavy atom. The van der Waals surface area contributed by atoms with E-state index in [1.54, 1.807) is 6.26 Å². The minimum Gasteiger partial charge on any atom is -0.468 e. The van der Waals surface area contributed by atoms with Crippen LogP contribution in [0.25, 0.3) is 0 Å². The van der Waals surface area contributed by atoms with E-state index in [9.17, 15) is 0 Å². The van der Waals surface area contributed by atoms with Crippen LogP contribution < -0.4 is 15.7 Å². The van der Waals surface area contributed by atoms with E-state index in [0.29, 0.717) is 12.5 Å². The Labute approximate surface area is 182 Å². The summed E-state index contributed by atoms with van der Waals surface area (Å²) >= 11 is 0. The first kappa shape index (κ1) is 22.5. The number of nitrogens with one attached hydrogen (secondary N) is 1. The van der Waals surface area contributed by atoms with Crippen molar-refractivity contribution in [3.8, 4) is 0 Å². The van der Waals surface area contributed by atoms with Crippen LogP contribution in [0.5, 0.6) is 0 Å². The first-order valence-electron chi connectivity index (χ1n) is 10.9. The van der Waals surface area contributed by atoms with Crippen molar-refractivity contribution < 1.29 is 8.84 Å². The Hall–Kier alpha value is -2.14. The summed E-state index contributed by atoms with van der Waals surface area (Å²) in [6.07, 6.45) is 2.70. The quantitative estimate of drug-likeness (QED) is 0.486. The zero-order valence-corrected chi connectivity index (χ0v) is 19.9. The maximum Gasteiger partial charge on any atom is 0.261 e. The van der Waals surface area contributed by atoms with Crippen LogP contribution >= 0.6 is 0 Å². The van der Waals surface area contributed by atoms with Gasteiger partial charge >= 0.3 is 0 Å². The summed E-state index contributed by atoms with van der Waals surface area (Å²) in [6, 6.07) is 25.8. The van der Waals surface area contributed by atoms with Crippen LogP contribution in [-0.2, 0) is 4.43 Å². The molecule has 1 aromatic heterocycles. The summed E-state index contributed by atoms with van der Waals surface area (Å²) in [6.45, 7) is 9.94. The molecule has 0 saturated heterocycles. The highest BCUT2D eigenvalue weighted by Gasteiger charge is 2.50. The molecule has 1 heterocycles. The van der Waals surface area contributed by atoms with Gasteiger partial charge in [0.05, 0.1) is 12.3 Å². The summed E-state index contributed by atoms with van der Waals surface area (Å²) in [4.78, 5) is 0. The van der Waals surface area contributed by atoms with Gasteiger partial charge in [0, 0.05) is 6.61 Å². The van der Waals surface area contributed by atoms with Gasteiger partial charge in [0.1, 0.15) is 5.76 Å². The molecule has 0 aliphatic carbocycles. The number of hydrogen-bond acceptors (Lipinski definition) is 3. The van der Waals surface area contributed by atoms with Gasteiger partial charge in [0.25, 0.3) is 8.32 Å². The summed E-state index contributed by atoms with van der Waals surface area (Å²) in [5.41, 5.74) is 0. The molecule has 3 nitrogen and oxygen atoms in total. The topological polar surface area (TPSA) is 34.4 Å². The Bertz CT molecular complexity index is 833. The second-order valence-corrected chi connectivity index (χ2v) is 13.4. The lowest BCUT2D eigenvalue weighted by Gasteiger charge is -2.43. The van der Waals surface area contributed by atoms with E-state index < -0.39 is 8.32 Å². The van der Waals surface area contributed by atoms with Crippen molar-refractivity contribution in [3.05, 3.63) is 84.8 Å². The molecule has 0 radical (unpaired) electrons. The largest absolute Gasteiger partial charge is 0.468 e. The third kappa shape index (κ3) is 4.61. The van der Waals surface area contributed by atoms with Gasteiger partial charge in [-0.25, -0.2) is 0 Å². The van der Waals surface area contributed by atoms with Gasteiger partial charge < -0.3 is 14.2 Å². The first-order valence-corrected chi connectivity index (χ1v) is 12.8. The Kier molecular flexibility index (Phi) is 7.35. The molecular formula is C26H35NO2Si. The maximum absolute atomic E-state index is 7.03. The maximum atomic E-state index is 7.03. The minimum absolute atomic E-state index is 0.00235. The molecule has 0 unspecified atom stereocenters. The van der Waals surface area contributed by atoms with Crippen molar-refractivity contribution >= 4 is 18.7 Å². The predicted octanol–water partition coefficient (Wildman–Crippen LogP) is 5.14. The molecule has 0 bridgehead atoms. The standard InChI is InChI=1S/C26H35NO2Si/c1-21(25(27-5)24-17-12-19-28-24)18-20-29-30(26(2,3)4,22-13-8-6-9-14-22)23-15-10-7-11-16-23/h6-17,19,21,25,27H,18,20H2,1-5H3/t21-,25+/m1/s1. The van der Waals surface area contributed by atoms with Crippen molar-refractivity contribution in [2.75, 3.05) is 13.7 Å². The van der Waals surface area contributed by atoms with E-state index in [1.807, 2.05) is 19.2 Å². The molecule has 0 amide bonds. The third-order valence-electron chi connectivity index (χ3n) is 6.04. The Balaban J connectivity index is 1.88. The van der Waals surface area contributed by atoms with Crippen LogP contribution in [0, 0.1) is 5.92 Å². The molecule has 30 heavy (non-hydrogen) atoms. The van der Waals surface area contributed by atoms with Gasteiger partial charge in [-0.2, -0.15) is 0 Å². The van der Waals surface area contributed by atoms with Crippen LogP contribution in [0.15, 0.2) is 83.5 Å². The lowest BCUT2D eigenvalue weighted by molar-refractivity contribution is 0.238. The fourth-order valence-electron chi connectivity index (χ4n) is 4.50. The van der Waals surface area contributed by atoms with Crippen molar-refractivity contribution in [1.82, 2.24) is 5.32 Å². The third-order valence-corrected chi connectivity index (χ3v) is 11.1. The van der Waals surface area contributed by atoms with E-state index >= 15 is 0 Å². The van der Waals surface area contributed by atoms with Crippen molar-refractivity contribution in [2.24, 2.45) is 5.92 Å². The Morgan fingerprint density at radius 2 is 1.47 bits per heavy atom. The summed E-state index contributed by atoms with van der Waals surface area (Å²) in [5, 5.41) is 6.06. The molecule has 0 fully saturated rings. The molecule has 0 aliphatic heterocycles. The first-order chi connectivity index (χ1) is 14.4. The van der Waals surface area contributed by atoms with Crippen LogP contribution in [0.3, 0.4) is 0 Å². The highest BCUT2D eigenvalue weighted by atomic mass is 28.4. The van der Waals surface area contributed by atoms with Crippen LogP contribution in [-0.4, -0.2) is 22.0 Å². The molecule has 160 valence electrons. The monoisotopic (exact) mass is 421 g/mol. The SMILES string of the molecule is CN[C@H](c1ccco1)[C@H](C)CCO[Si](c1ccccc1)(c1ccccc1)C(C)(C)C. The number of hydrogen-bond donors (Lipinski definition) is 1. The highest BCUT2D eigenvalue weighted by molar-refractivity contribution is 6.99. The number of furan rings is 1. The summed E-state index contributed by atoms with van der Waals surface area (Å²) in [5.74, 6) is 1.37. The lowest BCUT2D eigenvalue weighted by Crippen LogP contribution is -2.66. The molecule has 0 saturated carbocycles. The number of benzene rings is 2. The van der Waals surface area contributed by atoms with Gasteiger partial charge in [-0.1, -0.05) is 88.4 Å². The normalized spacial score (nSPS) is 14.4. The average Bonchev–Trinajstić information content (AvgIpc) is 3.26. The molecule has 2 atom stereocenters. The van der Waals surface area contributed by atoms with Crippen LogP contribution in [0.4, 0.5) is 0 Å². The van der Waals surface area contributed by atoms with Gasteiger partial charge in [-0.15, -0.1) is 0 Å². The zero-order valence-electron chi connectivity index (χ0n) is 18.9. The van der Waals surface area contributed by atoms with E-state index in [4.69, 9.17) is 8.84 Å². The molecule has 0 spiro atoms. The summed E-state index contributed by atoms with van der Waals surface area (Å²) < 4.78 is 12.7. The van der Waals surface area contributed by atoms with Gasteiger partial charge in [-0.05, 0) is 46.9 Å². The van der Waals surface area contributed by atoms with Crippen LogP contribution in [0.1, 0.15) is 45.9 Å². The second kappa shape index (κ2) is 9.78. The molecule has 0 aliphatic rings. The molecular weight excluding hydrogens is 386 g/mol. The Morgan fingerprint density at radius 3 is 1.90 bits per heavy atom. The molecule has 3 aromatic rings. The van der Waals surface area contributed by atoms with E-state index in [-0.39, 0.29) is 11.1 Å². The van der Waals surface area contributed by atoms with E-state index in [1.165, 1.54) is 10.4 Å². The van der Waals surface area contributed by atoms with E-state index in [0.717, 1.165) is 12.2 Å². The van der Waals surface area contributed by atoms with Gasteiger partial charge in [-0.3, -0.25) is 0 Å². The van der Waals surface area contributed by atoms with Gasteiger partial charge in [0.2, 0.25) is 0 Å². The fraction of sp³-hybridized carbons (Fsp3) is 0.385. The smallest absolute Gasteiger partial charge is 0.261 e. The molecule has 3 rings (SSSR count). The molecule has 4 heteroatoms. The van der Waals surface area contributed by atoms with Gasteiger partial charge in [0.15, 0.2) is 0 Å². The zero-order chi connectivity index (χ0) is 21.6. The highest BCUT2D eigenvalue weighted by Crippen LogP contribution is 2.37. The summed E-state index contributed by atoms with van der Waals surface area (Å²) in [7, 11) is -0.478. The second-order valence-electron chi connectivity index (χ2n) is 9.06. The molecule has 2 aromatic carbocycles. The van der Waals surface area contributed by atoms with Crippen molar-refractivity contribution in [2.45, 2.75) is 45.2 Å². The molecule has 1 N–H and O–H groups in total. The fourth-order valence-corrected chi connectivity index (χ4v) is 9.08. The average molecular weight is 422 g/mol. The van der Waals surface area contributed by atoms with Crippen LogP contribution in [0.2, 0.25) is 5.04 Å². The van der Waals surface area contributed by atoms with Crippen molar-refractivity contribution in [3.63, 3.8) is 0 Å². The van der Waals surface area contributed by atoms with E-state index in [2.05, 4.69) is 93.7 Å². The number of rotatable bonds is 9. The minimum atomic E-state index is -2.47.